The van der Waals surface area contributed by atoms with Crippen LogP contribution in [-0.4, -0.2) is 39.0 Å². The van der Waals surface area contributed by atoms with E-state index in [2.05, 4.69) is 20.8 Å². The molecule has 1 amide bonds. The van der Waals surface area contributed by atoms with Crippen LogP contribution in [0.5, 0.6) is 5.75 Å². The average molecular weight is 381 g/mol. The Labute approximate surface area is 161 Å². The molecule has 0 unspecified atom stereocenters. The first-order chi connectivity index (χ1) is 13.2. The van der Waals surface area contributed by atoms with Crippen molar-refractivity contribution in [3.8, 4) is 11.4 Å². The number of aromatic nitrogens is 4. The van der Waals surface area contributed by atoms with Gasteiger partial charge in [-0.2, -0.15) is 4.68 Å². The number of amides is 1. The number of nitrogens with one attached hydrogen (secondary N) is 1. The van der Waals surface area contributed by atoms with Gasteiger partial charge >= 0.3 is 0 Å². The molecule has 0 aliphatic carbocycles. The molecule has 0 fully saturated rings. The van der Waals surface area contributed by atoms with Crippen molar-refractivity contribution in [3.05, 3.63) is 60.2 Å². The molecular formula is C19H19N5O2S. The third-order valence-electron chi connectivity index (χ3n) is 3.60. The van der Waals surface area contributed by atoms with E-state index < -0.39 is 0 Å². The molecular weight excluding hydrogens is 362 g/mol. The fraction of sp³-hybridized carbons (Fsp3) is 0.158. The van der Waals surface area contributed by atoms with Crippen LogP contribution in [0.15, 0.2) is 59.8 Å². The van der Waals surface area contributed by atoms with Crippen molar-refractivity contribution in [2.75, 3.05) is 18.2 Å². The van der Waals surface area contributed by atoms with Crippen molar-refractivity contribution in [1.82, 2.24) is 20.2 Å². The molecule has 0 saturated carbocycles. The summed E-state index contributed by atoms with van der Waals surface area (Å²) in [6.07, 6.45) is 5.15. The van der Waals surface area contributed by atoms with Gasteiger partial charge < -0.3 is 10.1 Å². The van der Waals surface area contributed by atoms with Crippen LogP contribution in [0.1, 0.15) is 12.5 Å². The second-order valence-corrected chi connectivity index (χ2v) is 6.23. The van der Waals surface area contributed by atoms with Crippen LogP contribution in [-0.2, 0) is 4.79 Å². The summed E-state index contributed by atoms with van der Waals surface area (Å²) in [6, 6.07) is 14.9. The minimum absolute atomic E-state index is 0.220. The van der Waals surface area contributed by atoms with E-state index in [1.807, 2.05) is 61.7 Å². The fourth-order valence-corrected chi connectivity index (χ4v) is 2.81. The minimum atomic E-state index is -0.220. The molecule has 0 bridgehead atoms. The zero-order valence-corrected chi connectivity index (χ0v) is 15.8. The molecule has 138 valence electrons. The average Bonchev–Trinajstić information content (AvgIpc) is 3.17. The summed E-state index contributed by atoms with van der Waals surface area (Å²) < 4.78 is 7.02. The lowest BCUT2D eigenvalue weighted by atomic mass is 10.2. The third kappa shape index (κ3) is 4.95. The molecule has 0 radical (unpaired) electrons. The second-order valence-electron chi connectivity index (χ2n) is 5.45. The number of anilines is 1. The molecule has 27 heavy (non-hydrogen) atoms. The molecule has 1 N–H and O–H groups in total. The van der Waals surface area contributed by atoms with E-state index in [-0.39, 0.29) is 5.91 Å². The van der Waals surface area contributed by atoms with Gasteiger partial charge in [-0.1, -0.05) is 30.0 Å². The van der Waals surface area contributed by atoms with E-state index in [9.17, 15) is 4.79 Å². The Morgan fingerprint density at radius 2 is 2.07 bits per heavy atom. The Hall–Kier alpha value is -3.13. The molecule has 0 spiro atoms. The molecule has 7 nitrogen and oxygen atoms in total. The van der Waals surface area contributed by atoms with Crippen molar-refractivity contribution in [2.45, 2.75) is 12.1 Å². The molecule has 2 aromatic carbocycles. The van der Waals surface area contributed by atoms with Crippen molar-refractivity contribution in [1.29, 1.82) is 0 Å². The van der Waals surface area contributed by atoms with Gasteiger partial charge in [0.1, 0.15) is 5.75 Å². The minimum Gasteiger partial charge on any atom is -0.494 e. The molecule has 1 aromatic heterocycles. The predicted molar refractivity (Wildman–Crippen MR) is 106 cm³/mol. The first kappa shape index (κ1) is 18.7. The maximum Gasteiger partial charge on any atom is 0.248 e. The summed E-state index contributed by atoms with van der Waals surface area (Å²) in [7, 11) is 0. The number of thioether (sulfide) groups is 1. The van der Waals surface area contributed by atoms with Gasteiger partial charge in [0.25, 0.3) is 0 Å². The number of rotatable bonds is 7. The Bertz CT molecular complexity index is 937. The molecule has 0 aliphatic rings. The zero-order valence-electron chi connectivity index (χ0n) is 15.0. The number of tetrazole rings is 1. The molecule has 0 aliphatic heterocycles. The van der Waals surface area contributed by atoms with E-state index in [4.69, 9.17) is 4.74 Å². The van der Waals surface area contributed by atoms with Gasteiger partial charge in [-0.15, -0.1) is 5.10 Å². The van der Waals surface area contributed by atoms with Crippen LogP contribution in [0, 0.1) is 0 Å². The lowest BCUT2D eigenvalue weighted by molar-refractivity contribution is -0.111. The van der Waals surface area contributed by atoms with Crippen LogP contribution >= 0.6 is 11.8 Å². The normalized spacial score (nSPS) is 10.9. The first-order valence-electron chi connectivity index (χ1n) is 8.34. The smallest absolute Gasteiger partial charge is 0.248 e. The van der Waals surface area contributed by atoms with Gasteiger partial charge in [-0.25, -0.2) is 0 Å². The molecule has 3 aromatic rings. The molecule has 1 heterocycles. The maximum atomic E-state index is 12.2. The quantitative estimate of drug-likeness (QED) is 0.499. The van der Waals surface area contributed by atoms with Gasteiger partial charge in [-0.05, 0) is 65.6 Å². The summed E-state index contributed by atoms with van der Waals surface area (Å²) in [5, 5.41) is 15.1. The van der Waals surface area contributed by atoms with E-state index in [0.717, 1.165) is 17.0 Å². The Morgan fingerprint density at radius 1 is 1.26 bits per heavy atom. The second kappa shape index (κ2) is 9.00. The lowest BCUT2D eigenvalue weighted by Crippen LogP contribution is -2.08. The third-order valence-corrected chi connectivity index (χ3v) is 4.22. The molecule has 0 saturated heterocycles. The Balaban J connectivity index is 1.66. The maximum absolute atomic E-state index is 12.2. The SMILES string of the molecule is CCOc1ccc(/C=C/C(=O)Nc2cccc(-n3nnnc3SC)c2)cc1. The van der Waals surface area contributed by atoms with Crippen LogP contribution in [0.4, 0.5) is 5.69 Å². The summed E-state index contributed by atoms with van der Waals surface area (Å²) in [5.41, 5.74) is 2.36. The molecule has 0 atom stereocenters. The summed E-state index contributed by atoms with van der Waals surface area (Å²) >= 11 is 1.45. The summed E-state index contributed by atoms with van der Waals surface area (Å²) in [6.45, 7) is 2.56. The van der Waals surface area contributed by atoms with Crippen molar-refractivity contribution in [2.24, 2.45) is 0 Å². The Kier molecular flexibility index (Phi) is 6.22. The number of benzene rings is 2. The molecule has 8 heteroatoms. The predicted octanol–water partition coefficient (Wildman–Crippen LogP) is 3.43. The number of hydrogen-bond acceptors (Lipinski definition) is 6. The van der Waals surface area contributed by atoms with Crippen LogP contribution in [0.2, 0.25) is 0 Å². The number of ether oxygens (including phenoxy) is 1. The number of carbonyl (C=O) groups excluding carboxylic acids is 1. The van der Waals surface area contributed by atoms with Crippen molar-refractivity contribution >= 4 is 29.4 Å². The topological polar surface area (TPSA) is 81.9 Å². The monoisotopic (exact) mass is 381 g/mol. The standard InChI is InChI=1S/C19H19N5O2S/c1-3-26-17-10-7-14(8-11-17)9-12-18(25)20-15-5-4-6-16(13-15)24-19(27-2)21-22-23-24/h4-13H,3H2,1-2H3,(H,20,25)/b12-9+. The van der Waals surface area contributed by atoms with E-state index in [0.29, 0.717) is 17.5 Å². The highest BCUT2D eigenvalue weighted by molar-refractivity contribution is 7.98. The van der Waals surface area contributed by atoms with Crippen LogP contribution in [0.25, 0.3) is 11.8 Å². The van der Waals surface area contributed by atoms with Gasteiger partial charge in [0.2, 0.25) is 11.1 Å². The van der Waals surface area contributed by atoms with Crippen LogP contribution in [0.3, 0.4) is 0 Å². The number of carbonyl (C=O) groups is 1. The number of hydrogen-bond donors (Lipinski definition) is 1. The van der Waals surface area contributed by atoms with Crippen LogP contribution < -0.4 is 10.1 Å². The van der Waals surface area contributed by atoms with Gasteiger partial charge in [0.05, 0.1) is 12.3 Å². The molecule has 3 rings (SSSR count). The van der Waals surface area contributed by atoms with Gasteiger partial charge in [-0.3, -0.25) is 4.79 Å². The number of nitrogens with zero attached hydrogens (tertiary/aromatic N) is 4. The van der Waals surface area contributed by atoms with Gasteiger partial charge in [0.15, 0.2) is 0 Å². The first-order valence-corrected chi connectivity index (χ1v) is 9.57. The highest BCUT2D eigenvalue weighted by Crippen LogP contribution is 2.19. The largest absolute Gasteiger partial charge is 0.494 e. The zero-order chi connectivity index (χ0) is 19.1. The van der Waals surface area contributed by atoms with Gasteiger partial charge in [0, 0.05) is 11.8 Å². The highest BCUT2D eigenvalue weighted by atomic mass is 32.2. The highest BCUT2D eigenvalue weighted by Gasteiger charge is 2.08. The van der Waals surface area contributed by atoms with E-state index >= 15 is 0 Å². The van der Waals surface area contributed by atoms with Crippen molar-refractivity contribution in [3.63, 3.8) is 0 Å². The fourth-order valence-electron chi connectivity index (χ4n) is 2.38. The Morgan fingerprint density at radius 3 is 2.81 bits per heavy atom. The van der Waals surface area contributed by atoms with Crippen molar-refractivity contribution < 1.29 is 9.53 Å². The summed E-state index contributed by atoms with van der Waals surface area (Å²) in [4.78, 5) is 12.2. The van der Waals surface area contributed by atoms with E-state index in [1.165, 1.54) is 17.8 Å². The van der Waals surface area contributed by atoms with E-state index in [1.54, 1.807) is 10.8 Å². The lowest BCUT2D eigenvalue weighted by Gasteiger charge is -2.06. The summed E-state index contributed by atoms with van der Waals surface area (Å²) in [5.74, 6) is 0.589.